The van der Waals surface area contributed by atoms with Gasteiger partial charge in [0.05, 0.1) is 10.1 Å². The minimum absolute atomic E-state index is 0.0466. The van der Waals surface area contributed by atoms with Gasteiger partial charge in [0.1, 0.15) is 0 Å². The summed E-state index contributed by atoms with van der Waals surface area (Å²) in [5.41, 5.74) is 5.29. The number of hydrogen-bond donors (Lipinski definition) is 2. The molecule has 0 bridgehead atoms. The van der Waals surface area contributed by atoms with E-state index in [2.05, 4.69) is 0 Å². The fourth-order valence-electron chi connectivity index (χ4n) is 1.73. The number of nitrogens with zero attached hydrogens (tertiary/aromatic N) is 1. The Labute approximate surface area is 127 Å². The van der Waals surface area contributed by atoms with Crippen molar-refractivity contribution in [1.29, 1.82) is 0 Å². The van der Waals surface area contributed by atoms with Crippen LogP contribution in [0.5, 0.6) is 0 Å². The zero-order valence-electron chi connectivity index (χ0n) is 11.6. The average molecular weight is 316 g/mol. The number of hydrogen-bond acceptors (Lipinski definition) is 5. The first-order valence-electron chi connectivity index (χ1n) is 6.35. The van der Waals surface area contributed by atoms with Crippen molar-refractivity contribution >= 4 is 34.9 Å². The summed E-state index contributed by atoms with van der Waals surface area (Å²) in [7, 11) is 0. The highest BCUT2D eigenvalue weighted by Crippen LogP contribution is 2.24. The highest BCUT2D eigenvalue weighted by molar-refractivity contribution is 8.01. The van der Waals surface area contributed by atoms with Gasteiger partial charge in [0.2, 0.25) is 11.8 Å². The largest absolute Gasteiger partial charge is 0.369 e. The minimum atomic E-state index is -0.524. The van der Waals surface area contributed by atoms with Crippen LogP contribution in [-0.2, 0) is 9.59 Å². The molecule has 0 spiro atoms. The van der Waals surface area contributed by atoms with Gasteiger partial charge in [-0.2, -0.15) is 0 Å². The van der Waals surface area contributed by atoms with Crippen LogP contribution < -0.4 is 5.73 Å². The van der Waals surface area contributed by atoms with Crippen molar-refractivity contribution in [2.45, 2.75) is 30.9 Å². The van der Waals surface area contributed by atoms with E-state index in [0.29, 0.717) is 11.5 Å². The fourth-order valence-corrected chi connectivity index (χ4v) is 3.34. The molecule has 1 rings (SSSR count). The molecule has 0 aromatic carbocycles. The van der Waals surface area contributed by atoms with Crippen LogP contribution >= 0.6 is 23.1 Å². The fraction of sp³-hybridized carbons (Fsp3) is 0.538. The molecule has 1 atom stereocenters. The zero-order chi connectivity index (χ0) is 15.1. The Balaban J connectivity index is 2.44. The van der Waals surface area contributed by atoms with E-state index in [9.17, 15) is 14.8 Å². The molecule has 0 aliphatic rings. The van der Waals surface area contributed by atoms with Gasteiger partial charge in [0.15, 0.2) is 0 Å². The number of primary amides is 1. The second-order valence-corrected chi connectivity index (χ2v) is 7.12. The summed E-state index contributed by atoms with van der Waals surface area (Å²) in [6, 6.07) is 3.82. The van der Waals surface area contributed by atoms with Gasteiger partial charge in [0, 0.05) is 12.3 Å². The van der Waals surface area contributed by atoms with Gasteiger partial charge in [-0.3, -0.25) is 14.8 Å². The number of nitrogens with two attached hydrogens (primary N) is 1. The molecular formula is C13H20N2O3S2. The smallest absolute Gasteiger partial charge is 0.247 e. The van der Waals surface area contributed by atoms with Gasteiger partial charge >= 0.3 is 0 Å². The molecule has 0 fully saturated rings. The molecule has 0 unspecified atom stereocenters. The van der Waals surface area contributed by atoms with Gasteiger partial charge in [-0.15, -0.1) is 11.3 Å². The van der Waals surface area contributed by atoms with Crippen LogP contribution in [0.15, 0.2) is 21.7 Å². The topological polar surface area (TPSA) is 83.6 Å². The maximum atomic E-state index is 11.9. The van der Waals surface area contributed by atoms with E-state index >= 15 is 0 Å². The SMILES string of the molecule is CC(C)C[C@@H](CC(=O)N(O)CSc1cccs1)C(N)=O. The summed E-state index contributed by atoms with van der Waals surface area (Å²) in [6.07, 6.45) is 0.502. The van der Waals surface area contributed by atoms with Crippen molar-refractivity contribution in [3.05, 3.63) is 17.5 Å². The number of hydroxylamine groups is 2. The van der Waals surface area contributed by atoms with Crippen LogP contribution in [-0.4, -0.2) is 28.0 Å². The maximum absolute atomic E-state index is 11.9. The summed E-state index contributed by atoms with van der Waals surface area (Å²) >= 11 is 2.91. The normalized spacial score (nSPS) is 12.4. The minimum Gasteiger partial charge on any atom is -0.369 e. The molecule has 2 amide bonds. The molecule has 1 heterocycles. The quantitative estimate of drug-likeness (QED) is 0.334. The third kappa shape index (κ3) is 5.94. The number of amides is 2. The number of thioether (sulfide) groups is 1. The molecular weight excluding hydrogens is 296 g/mol. The Bertz CT molecular complexity index is 435. The van der Waals surface area contributed by atoms with Crippen molar-refractivity contribution in [3.63, 3.8) is 0 Å². The van der Waals surface area contributed by atoms with Crippen LogP contribution in [0, 0.1) is 11.8 Å². The standard InChI is InChI=1S/C13H20N2O3S2/c1-9(2)6-10(13(14)17)7-11(16)15(18)8-20-12-4-3-5-19-12/h3-5,9-10,18H,6-8H2,1-2H3,(H2,14,17)/t10-/m0/s1. The number of thiophene rings is 1. The van der Waals surface area contributed by atoms with Gasteiger partial charge in [0.25, 0.3) is 0 Å². The van der Waals surface area contributed by atoms with Gasteiger partial charge in [-0.1, -0.05) is 31.7 Å². The van der Waals surface area contributed by atoms with Crippen molar-refractivity contribution in [2.24, 2.45) is 17.6 Å². The number of carbonyl (C=O) groups excluding carboxylic acids is 2. The Morgan fingerprint density at radius 1 is 1.50 bits per heavy atom. The molecule has 5 nitrogen and oxygen atoms in total. The molecule has 0 aliphatic carbocycles. The Morgan fingerprint density at radius 3 is 2.70 bits per heavy atom. The molecule has 112 valence electrons. The molecule has 0 saturated carbocycles. The summed E-state index contributed by atoms with van der Waals surface area (Å²) in [4.78, 5) is 23.2. The highest BCUT2D eigenvalue weighted by Gasteiger charge is 2.23. The van der Waals surface area contributed by atoms with E-state index in [-0.39, 0.29) is 18.2 Å². The second kappa shape index (κ2) is 8.28. The molecule has 1 aromatic rings. The zero-order valence-corrected chi connectivity index (χ0v) is 13.2. The summed E-state index contributed by atoms with van der Waals surface area (Å²) in [5, 5.41) is 12.3. The lowest BCUT2D eigenvalue weighted by Gasteiger charge is -2.19. The van der Waals surface area contributed by atoms with E-state index < -0.39 is 17.7 Å². The average Bonchev–Trinajstić information content (AvgIpc) is 2.87. The maximum Gasteiger partial charge on any atom is 0.247 e. The van der Waals surface area contributed by atoms with Crippen molar-refractivity contribution in [2.75, 3.05) is 5.88 Å². The third-order valence-corrected chi connectivity index (χ3v) is 4.79. The van der Waals surface area contributed by atoms with Gasteiger partial charge < -0.3 is 5.73 Å². The lowest BCUT2D eigenvalue weighted by atomic mass is 9.93. The first kappa shape index (κ1) is 17.0. The molecule has 0 aliphatic heterocycles. The van der Waals surface area contributed by atoms with E-state index in [0.717, 1.165) is 4.21 Å². The number of rotatable bonds is 8. The second-order valence-electron chi connectivity index (χ2n) is 4.93. The van der Waals surface area contributed by atoms with E-state index in [1.165, 1.54) is 11.8 Å². The van der Waals surface area contributed by atoms with Crippen molar-refractivity contribution < 1.29 is 14.8 Å². The Morgan fingerprint density at radius 2 is 2.20 bits per heavy atom. The van der Waals surface area contributed by atoms with E-state index in [4.69, 9.17) is 5.73 Å². The van der Waals surface area contributed by atoms with Crippen LogP contribution in [0.4, 0.5) is 0 Å². The summed E-state index contributed by atoms with van der Waals surface area (Å²) in [5.74, 6) is -1.08. The highest BCUT2D eigenvalue weighted by atomic mass is 32.2. The summed E-state index contributed by atoms with van der Waals surface area (Å²) in [6.45, 7) is 3.92. The van der Waals surface area contributed by atoms with E-state index in [1.807, 2.05) is 31.4 Å². The van der Waals surface area contributed by atoms with Crippen LogP contribution in [0.2, 0.25) is 0 Å². The molecule has 3 N–H and O–H groups in total. The molecule has 0 radical (unpaired) electrons. The van der Waals surface area contributed by atoms with Crippen molar-refractivity contribution in [3.8, 4) is 0 Å². The lowest BCUT2D eigenvalue weighted by Crippen LogP contribution is -2.33. The molecule has 0 saturated heterocycles. The van der Waals surface area contributed by atoms with Crippen LogP contribution in [0.1, 0.15) is 26.7 Å². The van der Waals surface area contributed by atoms with E-state index in [1.54, 1.807) is 11.3 Å². The Kier molecular flexibility index (Phi) is 7.04. The molecule has 20 heavy (non-hydrogen) atoms. The van der Waals surface area contributed by atoms with Crippen LogP contribution in [0.3, 0.4) is 0 Å². The molecule has 7 heteroatoms. The molecule has 1 aromatic heterocycles. The number of carbonyl (C=O) groups is 2. The predicted octanol–water partition coefficient (Wildman–Crippen LogP) is 2.55. The lowest BCUT2D eigenvalue weighted by molar-refractivity contribution is -0.162. The monoisotopic (exact) mass is 316 g/mol. The first-order chi connectivity index (χ1) is 9.40. The van der Waals surface area contributed by atoms with Crippen LogP contribution in [0.25, 0.3) is 0 Å². The van der Waals surface area contributed by atoms with Gasteiger partial charge in [-0.25, -0.2) is 5.06 Å². The Hall–Kier alpha value is -1.05. The van der Waals surface area contributed by atoms with Crippen molar-refractivity contribution in [1.82, 2.24) is 5.06 Å². The van der Waals surface area contributed by atoms with Gasteiger partial charge in [-0.05, 0) is 23.8 Å². The first-order valence-corrected chi connectivity index (χ1v) is 8.21. The summed E-state index contributed by atoms with van der Waals surface area (Å²) < 4.78 is 1.02. The third-order valence-electron chi connectivity index (χ3n) is 2.69. The predicted molar refractivity (Wildman–Crippen MR) is 80.4 cm³/mol.